The van der Waals surface area contributed by atoms with Gasteiger partial charge >= 0.3 is 0 Å². The fourth-order valence-electron chi connectivity index (χ4n) is 2.80. The predicted molar refractivity (Wildman–Crippen MR) is 130 cm³/mol. The van der Waals surface area contributed by atoms with Crippen molar-refractivity contribution in [2.75, 3.05) is 5.75 Å². The van der Waals surface area contributed by atoms with Gasteiger partial charge in [0.1, 0.15) is 5.76 Å². The minimum atomic E-state index is -0.246. The van der Waals surface area contributed by atoms with Crippen molar-refractivity contribution in [2.45, 2.75) is 5.16 Å². The Kier molecular flexibility index (Phi) is 7.31. The van der Waals surface area contributed by atoms with Crippen molar-refractivity contribution in [2.24, 2.45) is 5.10 Å². The number of hydrogen-bond donors (Lipinski definition) is 1. The molecule has 1 N–H and O–H groups in total. The number of aromatic nitrogens is 3. The van der Waals surface area contributed by atoms with Gasteiger partial charge in [-0.2, -0.15) is 5.10 Å². The number of allylic oxidation sites excluding steroid dienone is 1. The summed E-state index contributed by atoms with van der Waals surface area (Å²) in [6, 6.07) is 21.3. The highest BCUT2D eigenvalue weighted by Gasteiger charge is 2.17. The Morgan fingerprint density at radius 1 is 1.09 bits per heavy atom. The first-order valence-corrected chi connectivity index (χ1v) is 11.4. The molecule has 0 bridgehead atoms. The number of furan rings is 1. The zero-order valence-electron chi connectivity index (χ0n) is 16.8. The Balaban J connectivity index is 1.45. The summed E-state index contributed by atoms with van der Waals surface area (Å²) in [5.74, 6) is 1.31. The second-order valence-electron chi connectivity index (χ2n) is 6.46. The number of nitrogens with one attached hydrogen (secondary N) is 1. The first kappa shape index (κ1) is 21.8. The van der Waals surface area contributed by atoms with Crippen LogP contribution in [0.2, 0.25) is 0 Å². The lowest BCUT2D eigenvalue weighted by Crippen LogP contribution is -2.19. The summed E-state index contributed by atoms with van der Waals surface area (Å²) in [5, 5.41) is 13.2. The van der Waals surface area contributed by atoms with Crippen LogP contribution >= 0.6 is 27.7 Å². The number of nitrogens with zero attached hydrogens (tertiary/aromatic N) is 4. The molecule has 0 saturated carbocycles. The molecule has 0 aliphatic carbocycles. The molecule has 2 aromatic carbocycles. The monoisotopic (exact) mass is 507 g/mol. The molecule has 0 aliphatic rings. The quantitative estimate of drug-likeness (QED) is 0.201. The van der Waals surface area contributed by atoms with Crippen molar-refractivity contribution < 1.29 is 9.21 Å². The Labute approximate surface area is 197 Å². The van der Waals surface area contributed by atoms with E-state index in [1.165, 1.54) is 18.0 Å². The van der Waals surface area contributed by atoms with E-state index in [-0.39, 0.29) is 11.7 Å². The predicted octanol–water partition coefficient (Wildman–Crippen LogP) is 5.20. The van der Waals surface area contributed by atoms with E-state index in [4.69, 9.17) is 4.42 Å². The Bertz CT molecular complexity index is 1220. The third-order valence-corrected chi connectivity index (χ3v) is 5.69. The van der Waals surface area contributed by atoms with E-state index in [0.717, 1.165) is 15.7 Å². The zero-order chi connectivity index (χ0) is 22.2. The minimum absolute atomic E-state index is 0.142. The third-order valence-electron chi connectivity index (χ3n) is 4.24. The second kappa shape index (κ2) is 10.7. The summed E-state index contributed by atoms with van der Waals surface area (Å²) >= 11 is 4.75. The molecular formula is C23H18BrN5O2S. The average molecular weight is 508 g/mol. The molecule has 2 aromatic heterocycles. The van der Waals surface area contributed by atoms with Crippen molar-refractivity contribution in [3.63, 3.8) is 0 Å². The zero-order valence-corrected chi connectivity index (χ0v) is 19.2. The van der Waals surface area contributed by atoms with E-state index in [2.05, 4.69) is 36.7 Å². The summed E-state index contributed by atoms with van der Waals surface area (Å²) in [7, 11) is 0. The van der Waals surface area contributed by atoms with Gasteiger partial charge in [-0.1, -0.05) is 58.0 Å². The van der Waals surface area contributed by atoms with Gasteiger partial charge in [0, 0.05) is 21.9 Å². The second-order valence-corrected chi connectivity index (χ2v) is 8.32. The first-order valence-electron chi connectivity index (χ1n) is 9.62. The molecule has 4 aromatic rings. The molecule has 0 atom stereocenters. The van der Waals surface area contributed by atoms with Crippen LogP contribution in [0.3, 0.4) is 0 Å². The highest BCUT2D eigenvalue weighted by Crippen LogP contribution is 2.28. The number of amides is 1. The molecule has 0 radical (unpaired) electrons. The molecule has 0 saturated heterocycles. The van der Waals surface area contributed by atoms with Crippen LogP contribution in [0.25, 0.3) is 23.2 Å². The van der Waals surface area contributed by atoms with Crippen molar-refractivity contribution >= 4 is 45.9 Å². The number of rotatable bonds is 8. The molecule has 9 heteroatoms. The van der Waals surface area contributed by atoms with Crippen molar-refractivity contribution in [3.05, 3.63) is 89.3 Å². The van der Waals surface area contributed by atoms with Crippen LogP contribution in [-0.2, 0) is 4.79 Å². The van der Waals surface area contributed by atoms with Crippen molar-refractivity contribution in [3.8, 4) is 17.1 Å². The maximum Gasteiger partial charge on any atom is 0.250 e. The van der Waals surface area contributed by atoms with Gasteiger partial charge in [0.25, 0.3) is 5.91 Å². The van der Waals surface area contributed by atoms with Crippen LogP contribution in [0.4, 0.5) is 0 Å². The van der Waals surface area contributed by atoms with Gasteiger partial charge in [0.05, 0.1) is 12.0 Å². The van der Waals surface area contributed by atoms with E-state index in [0.29, 0.717) is 16.7 Å². The molecule has 7 nitrogen and oxygen atoms in total. The van der Waals surface area contributed by atoms with Gasteiger partial charge in [0.15, 0.2) is 11.0 Å². The number of hydrazone groups is 1. The van der Waals surface area contributed by atoms with Crippen LogP contribution in [0, 0.1) is 0 Å². The van der Waals surface area contributed by atoms with Crippen molar-refractivity contribution in [1.82, 2.24) is 20.2 Å². The summed E-state index contributed by atoms with van der Waals surface area (Å²) in [5.41, 5.74) is 4.34. The number of hydrogen-bond acceptors (Lipinski definition) is 6. The van der Waals surface area contributed by atoms with E-state index in [1.54, 1.807) is 24.5 Å². The van der Waals surface area contributed by atoms with Gasteiger partial charge in [-0.25, -0.2) is 5.43 Å². The molecule has 0 fully saturated rings. The van der Waals surface area contributed by atoms with Gasteiger partial charge in [-0.15, -0.1) is 10.2 Å². The molecule has 0 aliphatic heterocycles. The van der Waals surface area contributed by atoms with Gasteiger partial charge in [0.2, 0.25) is 0 Å². The standard InChI is InChI=1S/C23H18BrN5O2S/c24-18-10-12-19(13-11-18)29-22(17-6-2-1-3-7-17)27-28-23(29)32-16-21(30)26-25-14-4-8-20-9-5-15-31-20/h1-15H,16H2,(H,26,30). The molecule has 0 unspecified atom stereocenters. The Morgan fingerprint density at radius 2 is 1.91 bits per heavy atom. The lowest BCUT2D eigenvalue weighted by atomic mass is 10.2. The van der Waals surface area contributed by atoms with Crippen LogP contribution in [0.15, 0.2) is 98.2 Å². The van der Waals surface area contributed by atoms with Gasteiger partial charge in [-0.3, -0.25) is 9.36 Å². The smallest absolute Gasteiger partial charge is 0.250 e. The molecule has 1 amide bonds. The van der Waals surface area contributed by atoms with E-state index in [1.807, 2.05) is 65.2 Å². The highest BCUT2D eigenvalue weighted by molar-refractivity contribution is 9.10. The Hall–Kier alpha value is -3.43. The summed E-state index contributed by atoms with van der Waals surface area (Å²) in [6.07, 6.45) is 6.51. The summed E-state index contributed by atoms with van der Waals surface area (Å²) in [6.45, 7) is 0. The number of benzene rings is 2. The maximum absolute atomic E-state index is 12.2. The SMILES string of the molecule is O=C(CSc1nnc(-c2ccccc2)n1-c1ccc(Br)cc1)NN=CC=Cc1ccco1. The Morgan fingerprint density at radius 3 is 2.66 bits per heavy atom. The van der Waals surface area contributed by atoms with E-state index in [9.17, 15) is 4.79 Å². The lowest BCUT2D eigenvalue weighted by molar-refractivity contribution is -0.118. The van der Waals surface area contributed by atoms with E-state index >= 15 is 0 Å². The lowest BCUT2D eigenvalue weighted by Gasteiger charge is -2.10. The van der Waals surface area contributed by atoms with Crippen LogP contribution in [0.5, 0.6) is 0 Å². The molecular weight excluding hydrogens is 490 g/mol. The summed E-state index contributed by atoms with van der Waals surface area (Å²) in [4.78, 5) is 12.2. The van der Waals surface area contributed by atoms with Crippen LogP contribution in [-0.4, -0.2) is 32.6 Å². The number of carbonyl (C=O) groups is 1. The fourth-order valence-corrected chi connectivity index (χ4v) is 3.81. The van der Waals surface area contributed by atoms with Gasteiger partial charge in [-0.05, 0) is 48.6 Å². The van der Waals surface area contributed by atoms with Crippen LogP contribution < -0.4 is 5.43 Å². The molecule has 160 valence electrons. The topological polar surface area (TPSA) is 85.3 Å². The molecule has 0 spiro atoms. The largest absolute Gasteiger partial charge is 0.465 e. The summed E-state index contributed by atoms with van der Waals surface area (Å²) < 4.78 is 8.09. The number of carbonyl (C=O) groups excluding carboxylic acids is 1. The van der Waals surface area contributed by atoms with Crippen LogP contribution in [0.1, 0.15) is 5.76 Å². The third kappa shape index (κ3) is 5.63. The minimum Gasteiger partial charge on any atom is -0.465 e. The fraction of sp³-hybridized carbons (Fsp3) is 0.0435. The average Bonchev–Trinajstić information content (AvgIpc) is 3.49. The molecule has 4 rings (SSSR count). The normalized spacial score (nSPS) is 11.4. The van der Waals surface area contributed by atoms with Gasteiger partial charge < -0.3 is 4.42 Å². The number of thioether (sulfide) groups is 1. The van der Waals surface area contributed by atoms with Crippen molar-refractivity contribution in [1.29, 1.82) is 0 Å². The molecule has 32 heavy (non-hydrogen) atoms. The highest BCUT2D eigenvalue weighted by atomic mass is 79.9. The molecule has 2 heterocycles. The van der Waals surface area contributed by atoms with E-state index < -0.39 is 0 Å². The number of halogens is 1. The maximum atomic E-state index is 12.2. The first-order chi connectivity index (χ1) is 15.7.